The Morgan fingerprint density at radius 3 is 2.32 bits per heavy atom. The number of benzene rings is 2. The molecule has 3 aromatic rings. The summed E-state index contributed by atoms with van der Waals surface area (Å²) in [5.74, 6) is -1.53. The van der Waals surface area contributed by atoms with E-state index in [1.54, 1.807) is 51.1 Å². The summed E-state index contributed by atoms with van der Waals surface area (Å²) in [4.78, 5) is 52.6. The fourth-order valence-corrected chi connectivity index (χ4v) is 4.53. The first-order chi connectivity index (χ1) is 18.0. The number of nitrogens with zero attached hydrogens (tertiary/aromatic N) is 3. The molecule has 3 amide bonds. The van der Waals surface area contributed by atoms with Crippen LogP contribution in [0.5, 0.6) is 0 Å². The fourth-order valence-electron chi connectivity index (χ4n) is 4.53. The molecule has 1 unspecified atom stereocenters. The number of hydrogen-bond acceptors (Lipinski definition) is 6. The van der Waals surface area contributed by atoms with Crippen LogP contribution in [0.3, 0.4) is 0 Å². The van der Waals surface area contributed by atoms with Gasteiger partial charge in [0.15, 0.2) is 6.10 Å². The molecule has 1 aliphatic rings. The topological polar surface area (TPSA) is 139 Å². The molecule has 0 spiro atoms. The highest BCUT2D eigenvalue weighted by Gasteiger charge is 2.39. The van der Waals surface area contributed by atoms with Crippen molar-refractivity contribution in [1.82, 2.24) is 20.0 Å². The van der Waals surface area contributed by atoms with Crippen LogP contribution in [-0.2, 0) is 16.0 Å². The van der Waals surface area contributed by atoms with Crippen molar-refractivity contribution < 1.29 is 23.5 Å². The van der Waals surface area contributed by atoms with Gasteiger partial charge in [0.2, 0.25) is 0 Å². The zero-order valence-electron chi connectivity index (χ0n) is 21.5. The van der Waals surface area contributed by atoms with Crippen molar-refractivity contribution >= 4 is 28.7 Å². The van der Waals surface area contributed by atoms with Crippen molar-refractivity contribution in [2.75, 3.05) is 26.2 Å². The Bertz CT molecular complexity index is 1440. The first kappa shape index (κ1) is 26.8. The second kappa shape index (κ2) is 10.6. The number of fused-ring (bicyclic) bond motifs is 1. The number of carbonyl (C=O) groups is 3. The molecular formula is C27H30FN5O5. The van der Waals surface area contributed by atoms with E-state index in [0.717, 1.165) is 0 Å². The Hall–Kier alpha value is -4.28. The number of ether oxygens (including phenoxy) is 1. The van der Waals surface area contributed by atoms with Gasteiger partial charge in [-0.1, -0.05) is 45.0 Å². The van der Waals surface area contributed by atoms with Gasteiger partial charge in [-0.3, -0.25) is 14.4 Å². The Morgan fingerprint density at radius 2 is 1.68 bits per heavy atom. The lowest BCUT2D eigenvalue weighted by Gasteiger charge is -2.38. The highest BCUT2D eigenvalue weighted by Crippen LogP contribution is 2.25. The number of hydrogen-bond donors (Lipinski definition) is 2. The SMILES string of the molecule is CC(C)(C)C(OC(N)=O)C(=O)N1CCN(C(=O)c2cc(Cc3n[nH]c(=O)c4ccccc34)ccc2F)CC1. The summed E-state index contributed by atoms with van der Waals surface area (Å²) >= 11 is 0. The van der Waals surface area contributed by atoms with Crippen LogP contribution >= 0.6 is 0 Å². The maximum absolute atomic E-state index is 14.7. The third-order valence-electron chi connectivity index (χ3n) is 6.53. The van der Waals surface area contributed by atoms with E-state index in [-0.39, 0.29) is 43.7 Å². The van der Waals surface area contributed by atoms with Crippen molar-refractivity contribution in [1.29, 1.82) is 0 Å². The van der Waals surface area contributed by atoms with Gasteiger partial charge in [0.1, 0.15) is 5.82 Å². The number of nitrogens with one attached hydrogen (secondary N) is 1. The van der Waals surface area contributed by atoms with Gasteiger partial charge < -0.3 is 20.3 Å². The van der Waals surface area contributed by atoms with Gasteiger partial charge in [0.05, 0.1) is 16.6 Å². The van der Waals surface area contributed by atoms with Gasteiger partial charge in [-0.2, -0.15) is 5.10 Å². The summed E-state index contributed by atoms with van der Waals surface area (Å²) < 4.78 is 19.8. The molecule has 1 aliphatic heterocycles. The molecule has 2 aromatic carbocycles. The molecule has 11 heteroatoms. The fraction of sp³-hybridized carbons (Fsp3) is 0.370. The quantitative estimate of drug-likeness (QED) is 0.527. The minimum absolute atomic E-state index is 0.0827. The molecule has 0 radical (unpaired) electrons. The van der Waals surface area contributed by atoms with Gasteiger partial charge in [-0.15, -0.1) is 0 Å². The Labute approximate surface area is 218 Å². The molecule has 1 fully saturated rings. The lowest BCUT2D eigenvalue weighted by molar-refractivity contribution is -0.147. The second-order valence-electron chi connectivity index (χ2n) is 10.3. The minimum Gasteiger partial charge on any atom is -0.436 e. The van der Waals surface area contributed by atoms with E-state index in [1.165, 1.54) is 21.9 Å². The molecule has 38 heavy (non-hydrogen) atoms. The highest BCUT2D eigenvalue weighted by atomic mass is 19.1. The highest BCUT2D eigenvalue weighted by molar-refractivity contribution is 5.95. The monoisotopic (exact) mass is 523 g/mol. The normalized spacial score (nSPS) is 14.8. The Kier molecular flexibility index (Phi) is 7.47. The zero-order chi connectivity index (χ0) is 27.6. The van der Waals surface area contributed by atoms with E-state index in [1.807, 2.05) is 0 Å². The number of aromatic nitrogens is 2. The minimum atomic E-state index is -1.06. The second-order valence-corrected chi connectivity index (χ2v) is 10.3. The van der Waals surface area contributed by atoms with Crippen molar-refractivity contribution in [3.8, 4) is 0 Å². The van der Waals surface area contributed by atoms with Gasteiger partial charge in [-0.25, -0.2) is 14.3 Å². The van der Waals surface area contributed by atoms with Gasteiger partial charge >= 0.3 is 6.09 Å². The number of primary amides is 1. The molecule has 0 saturated carbocycles. The van der Waals surface area contributed by atoms with Crippen LogP contribution in [0.1, 0.15) is 42.4 Å². The van der Waals surface area contributed by atoms with Crippen LogP contribution in [0.25, 0.3) is 10.8 Å². The Morgan fingerprint density at radius 1 is 1.05 bits per heavy atom. The number of carbonyl (C=O) groups excluding carboxylic acids is 3. The molecular weight excluding hydrogens is 493 g/mol. The summed E-state index contributed by atoms with van der Waals surface area (Å²) in [5.41, 5.74) is 5.36. The Balaban J connectivity index is 1.48. The number of H-pyrrole nitrogens is 1. The molecule has 1 saturated heterocycles. The van der Waals surface area contributed by atoms with Crippen LogP contribution in [0.15, 0.2) is 47.3 Å². The molecule has 0 aliphatic carbocycles. The summed E-state index contributed by atoms with van der Waals surface area (Å²) in [7, 11) is 0. The predicted molar refractivity (Wildman–Crippen MR) is 138 cm³/mol. The van der Waals surface area contributed by atoms with E-state index in [2.05, 4.69) is 10.2 Å². The number of nitrogens with two attached hydrogens (primary N) is 1. The van der Waals surface area contributed by atoms with Crippen molar-refractivity contribution in [3.05, 3.63) is 75.5 Å². The van der Waals surface area contributed by atoms with Gasteiger partial charge in [0, 0.05) is 43.4 Å². The predicted octanol–water partition coefficient (Wildman–Crippen LogP) is 2.45. The van der Waals surface area contributed by atoms with Crippen molar-refractivity contribution in [3.63, 3.8) is 0 Å². The van der Waals surface area contributed by atoms with Crippen LogP contribution in [0.4, 0.5) is 9.18 Å². The number of halogens is 1. The van der Waals surface area contributed by atoms with Gasteiger partial charge in [-0.05, 0) is 23.8 Å². The lowest BCUT2D eigenvalue weighted by atomic mass is 9.88. The number of piperazine rings is 1. The summed E-state index contributed by atoms with van der Waals surface area (Å²) in [5, 5.41) is 7.82. The van der Waals surface area contributed by atoms with E-state index >= 15 is 0 Å². The smallest absolute Gasteiger partial charge is 0.405 e. The summed E-state index contributed by atoms with van der Waals surface area (Å²) in [6.45, 7) is 6.07. The number of amides is 3. The molecule has 2 heterocycles. The lowest BCUT2D eigenvalue weighted by Crippen LogP contribution is -2.55. The van der Waals surface area contributed by atoms with Gasteiger partial charge in [0.25, 0.3) is 17.4 Å². The average Bonchev–Trinajstić information content (AvgIpc) is 2.88. The third-order valence-corrected chi connectivity index (χ3v) is 6.53. The number of aromatic amines is 1. The largest absolute Gasteiger partial charge is 0.436 e. The van der Waals surface area contributed by atoms with Crippen molar-refractivity contribution in [2.45, 2.75) is 33.3 Å². The first-order valence-corrected chi connectivity index (χ1v) is 12.2. The molecule has 10 nitrogen and oxygen atoms in total. The molecule has 3 N–H and O–H groups in total. The maximum atomic E-state index is 14.7. The number of rotatable bonds is 5. The van der Waals surface area contributed by atoms with E-state index in [9.17, 15) is 23.6 Å². The third kappa shape index (κ3) is 5.66. The maximum Gasteiger partial charge on any atom is 0.405 e. The average molecular weight is 524 g/mol. The molecule has 1 aromatic heterocycles. The standard InChI is InChI=1S/C27H30FN5O5/c1-27(2,3)22(38-26(29)37)25(36)33-12-10-32(11-13-33)24(35)19-14-16(8-9-20(19)28)15-21-17-6-4-5-7-18(17)23(34)31-30-21/h4-9,14,22H,10-13,15H2,1-3H3,(H2,29,37)(H,31,34). The molecule has 1 atom stereocenters. The molecule has 4 rings (SSSR count). The van der Waals surface area contributed by atoms with Crippen LogP contribution in [0, 0.1) is 11.2 Å². The van der Waals surface area contributed by atoms with E-state index in [0.29, 0.717) is 22.0 Å². The van der Waals surface area contributed by atoms with E-state index < -0.39 is 35.2 Å². The van der Waals surface area contributed by atoms with Crippen LogP contribution in [-0.4, -0.2) is 70.2 Å². The summed E-state index contributed by atoms with van der Waals surface area (Å²) in [6, 6.07) is 11.4. The zero-order valence-corrected chi connectivity index (χ0v) is 21.5. The van der Waals surface area contributed by atoms with E-state index in [4.69, 9.17) is 10.5 Å². The van der Waals surface area contributed by atoms with Crippen LogP contribution < -0.4 is 11.3 Å². The summed E-state index contributed by atoms with van der Waals surface area (Å²) in [6.07, 6.45) is -1.81. The molecule has 0 bridgehead atoms. The molecule has 200 valence electrons. The van der Waals surface area contributed by atoms with Crippen molar-refractivity contribution in [2.24, 2.45) is 11.1 Å². The first-order valence-electron chi connectivity index (χ1n) is 12.2. The van der Waals surface area contributed by atoms with Crippen LogP contribution in [0.2, 0.25) is 0 Å².